The second kappa shape index (κ2) is 11.7. The van der Waals surface area contributed by atoms with Gasteiger partial charge in [-0.3, -0.25) is 18.7 Å². The minimum atomic E-state index is -3.90. The summed E-state index contributed by atoms with van der Waals surface area (Å²) in [5.41, 5.74) is 1.10. The second-order valence-electron chi connectivity index (χ2n) is 7.68. The molecule has 1 N–H and O–H groups in total. The van der Waals surface area contributed by atoms with E-state index in [4.69, 9.17) is 23.2 Å². The Balaban J connectivity index is 2.48. The smallest absolute Gasteiger partial charge is 0.244 e. The number of rotatable bonds is 10. The molecule has 2 amide bonds. The van der Waals surface area contributed by atoms with Crippen molar-refractivity contribution in [3.05, 3.63) is 63.6 Å². The summed E-state index contributed by atoms with van der Waals surface area (Å²) < 4.78 is 26.1. The number of ketones is 1. The van der Waals surface area contributed by atoms with Gasteiger partial charge in [0.05, 0.1) is 22.0 Å². The van der Waals surface area contributed by atoms with Crippen molar-refractivity contribution in [3.63, 3.8) is 0 Å². The van der Waals surface area contributed by atoms with E-state index in [0.29, 0.717) is 27.6 Å². The molecule has 0 aliphatic carbocycles. The van der Waals surface area contributed by atoms with Crippen LogP contribution in [0.3, 0.4) is 0 Å². The number of hydrogen-bond donors (Lipinski definition) is 1. The number of nitrogens with zero attached hydrogens (tertiary/aromatic N) is 2. The summed E-state index contributed by atoms with van der Waals surface area (Å²) in [6.07, 6.45) is 1.27. The van der Waals surface area contributed by atoms with E-state index in [1.54, 1.807) is 37.3 Å². The summed E-state index contributed by atoms with van der Waals surface area (Å²) in [6.45, 7) is 2.56. The number of nitrogens with one attached hydrogen (secondary N) is 1. The molecular weight excluding hydrogens is 501 g/mol. The molecule has 0 heterocycles. The zero-order valence-electron chi connectivity index (χ0n) is 19.3. The highest BCUT2D eigenvalue weighted by Crippen LogP contribution is 2.25. The maximum atomic E-state index is 13.5. The lowest BCUT2D eigenvalue weighted by Gasteiger charge is -2.32. The van der Waals surface area contributed by atoms with E-state index in [2.05, 4.69) is 5.32 Å². The number of likely N-dealkylation sites (N-methyl/N-ethyl adjacent to an activating group) is 1. The van der Waals surface area contributed by atoms with E-state index >= 15 is 0 Å². The fraction of sp³-hybridized carbons (Fsp3) is 0.348. The Morgan fingerprint density at radius 1 is 1.06 bits per heavy atom. The van der Waals surface area contributed by atoms with Crippen LogP contribution in [0, 0.1) is 0 Å². The molecule has 11 heteroatoms. The largest absolute Gasteiger partial charge is 0.357 e. The molecule has 34 heavy (non-hydrogen) atoms. The molecule has 0 saturated carbocycles. The number of carbonyl (C=O) groups excluding carboxylic acids is 3. The number of benzene rings is 2. The first-order valence-corrected chi connectivity index (χ1v) is 13.0. The SMILES string of the molecule is CC[C@H](C(=O)NC)N(Cc1ccc(Cl)c(Cl)c1)C(=O)CN(c1cccc(C(C)=O)c1)S(C)(=O)=O. The number of carbonyl (C=O) groups is 3. The van der Waals surface area contributed by atoms with Crippen molar-refractivity contribution in [2.24, 2.45) is 0 Å². The lowest BCUT2D eigenvalue weighted by molar-refractivity contribution is -0.140. The van der Waals surface area contributed by atoms with Gasteiger partial charge in [0.1, 0.15) is 12.6 Å². The van der Waals surface area contributed by atoms with Crippen LogP contribution in [-0.4, -0.2) is 56.8 Å². The molecule has 0 aliphatic heterocycles. The molecule has 0 saturated heterocycles. The van der Waals surface area contributed by atoms with Gasteiger partial charge in [-0.15, -0.1) is 0 Å². The lowest BCUT2D eigenvalue weighted by atomic mass is 10.1. The molecule has 0 spiro atoms. The van der Waals surface area contributed by atoms with Gasteiger partial charge < -0.3 is 10.2 Å². The first-order valence-electron chi connectivity index (χ1n) is 10.4. The highest BCUT2D eigenvalue weighted by Gasteiger charge is 2.31. The fourth-order valence-corrected chi connectivity index (χ4v) is 4.58. The molecule has 0 aliphatic rings. The zero-order valence-corrected chi connectivity index (χ0v) is 21.7. The molecular formula is C23H27Cl2N3O5S. The Labute approximate surface area is 209 Å². The number of hydrogen-bond acceptors (Lipinski definition) is 5. The van der Waals surface area contributed by atoms with Crippen LogP contribution < -0.4 is 9.62 Å². The average Bonchev–Trinajstić information content (AvgIpc) is 2.78. The van der Waals surface area contributed by atoms with Crippen molar-refractivity contribution >= 4 is 56.5 Å². The number of sulfonamides is 1. The molecule has 184 valence electrons. The van der Waals surface area contributed by atoms with Crippen LogP contribution in [0.5, 0.6) is 0 Å². The Kier molecular flexibility index (Phi) is 9.49. The number of Topliss-reactive ketones (excluding diaryl/α,β-unsaturated/α-hetero) is 1. The van der Waals surface area contributed by atoms with Crippen LogP contribution in [-0.2, 0) is 26.2 Å². The summed E-state index contributed by atoms with van der Waals surface area (Å²) in [5.74, 6) is -1.23. The first kappa shape index (κ1) is 27.6. The molecule has 0 radical (unpaired) electrons. The van der Waals surface area contributed by atoms with Gasteiger partial charge in [0.2, 0.25) is 21.8 Å². The number of halogens is 2. The van der Waals surface area contributed by atoms with Gasteiger partial charge in [0.15, 0.2) is 5.78 Å². The molecule has 2 aromatic rings. The third-order valence-electron chi connectivity index (χ3n) is 5.19. The molecule has 0 bridgehead atoms. The predicted molar refractivity (Wildman–Crippen MR) is 134 cm³/mol. The molecule has 0 unspecified atom stereocenters. The van der Waals surface area contributed by atoms with Crippen molar-refractivity contribution in [3.8, 4) is 0 Å². The molecule has 2 aromatic carbocycles. The fourth-order valence-electron chi connectivity index (χ4n) is 3.41. The van der Waals surface area contributed by atoms with Gasteiger partial charge in [0, 0.05) is 19.2 Å². The first-order chi connectivity index (χ1) is 15.9. The van der Waals surface area contributed by atoms with Crippen molar-refractivity contribution in [1.29, 1.82) is 0 Å². The summed E-state index contributed by atoms with van der Waals surface area (Å²) in [7, 11) is -2.44. The molecule has 0 fully saturated rings. The quantitative estimate of drug-likeness (QED) is 0.476. The molecule has 1 atom stereocenters. The highest BCUT2D eigenvalue weighted by atomic mass is 35.5. The number of amides is 2. The van der Waals surface area contributed by atoms with E-state index in [1.807, 2.05) is 0 Å². The Hall–Kier alpha value is -2.62. The van der Waals surface area contributed by atoms with E-state index in [1.165, 1.54) is 31.0 Å². The Bertz CT molecular complexity index is 1190. The van der Waals surface area contributed by atoms with Gasteiger partial charge in [-0.25, -0.2) is 8.42 Å². The van der Waals surface area contributed by atoms with Gasteiger partial charge in [0.25, 0.3) is 0 Å². The van der Waals surface area contributed by atoms with Crippen LogP contribution in [0.15, 0.2) is 42.5 Å². The maximum absolute atomic E-state index is 13.5. The molecule has 8 nitrogen and oxygen atoms in total. The predicted octanol–water partition coefficient (Wildman–Crippen LogP) is 3.52. The van der Waals surface area contributed by atoms with Crippen LogP contribution in [0.25, 0.3) is 0 Å². The van der Waals surface area contributed by atoms with Crippen molar-refractivity contribution in [2.45, 2.75) is 32.9 Å². The monoisotopic (exact) mass is 527 g/mol. The van der Waals surface area contributed by atoms with Crippen LogP contribution in [0.2, 0.25) is 10.0 Å². The average molecular weight is 528 g/mol. The third-order valence-corrected chi connectivity index (χ3v) is 7.07. The van der Waals surface area contributed by atoms with Crippen molar-refractivity contribution < 1.29 is 22.8 Å². The van der Waals surface area contributed by atoms with Gasteiger partial charge in [-0.05, 0) is 43.2 Å². The highest BCUT2D eigenvalue weighted by molar-refractivity contribution is 7.92. The minimum absolute atomic E-state index is 0.00668. The van der Waals surface area contributed by atoms with Crippen LogP contribution in [0.1, 0.15) is 36.2 Å². The minimum Gasteiger partial charge on any atom is -0.357 e. The normalized spacial score (nSPS) is 12.1. The van der Waals surface area contributed by atoms with E-state index in [9.17, 15) is 22.8 Å². The molecule has 2 rings (SSSR count). The molecule has 0 aromatic heterocycles. The summed E-state index contributed by atoms with van der Waals surface area (Å²) >= 11 is 12.1. The van der Waals surface area contributed by atoms with Gasteiger partial charge >= 0.3 is 0 Å². The van der Waals surface area contributed by atoms with Crippen molar-refractivity contribution in [1.82, 2.24) is 10.2 Å². The second-order valence-corrected chi connectivity index (χ2v) is 10.4. The van der Waals surface area contributed by atoms with Gasteiger partial charge in [-0.2, -0.15) is 0 Å². The zero-order chi connectivity index (χ0) is 25.6. The van der Waals surface area contributed by atoms with Crippen molar-refractivity contribution in [2.75, 3.05) is 24.2 Å². The van der Waals surface area contributed by atoms with E-state index in [0.717, 1.165) is 10.6 Å². The van der Waals surface area contributed by atoms with Crippen LogP contribution >= 0.6 is 23.2 Å². The third kappa shape index (κ3) is 6.94. The number of anilines is 1. The van der Waals surface area contributed by atoms with Gasteiger partial charge in [-0.1, -0.05) is 48.3 Å². The van der Waals surface area contributed by atoms with E-state index < -0.39 is 28.5 Å². The summed E-state index contributed by atoms with van der Waals surface area (Å²) in [6, 6.07) is 10.0. The maximum Gasteiger partial charge on any atom is 0.244 e. The Morgan fingerprint density at radius 3 is 2.26 bits per heavy atom. The van der Waals surface area contributed by atoms with Crippen LogP contribution in [0.4, 0.5) is 5.69 Å². The Morgan fingerprint density at radius 2 is 1.74 bits per heavy atom. The van der Waals surface area contributed by atoms with E-state index in [-0.39, 0.29) is 23.9 Å². The topological polar surface area (TPSA) is 104 Å². The summed E-state index contributed by atoms with van der Waals surface area (Å²) in [5, 5.41) is 3.18. The lowest BCUT2D eigenvalue weighted by Crippen LogP contribution is -2.51. The summed E-state index contributed by atoms with van der Waals surface area (Å²) in [4.78, 5) is 39.1. The standard InChI is InChI=1S/C23H27Cl2N3O5S/c1-5-21(23(31)26-3)27(13-16-9-10-19(24)20(25)11-16)22(30)14-28(34(4,32)33)18-8-6-7-17(12-18)15(2)29/h6-12,21H,5,13-14H2,1-4H3,(H,26,31)/t21-/m1/s1.